The van der Waals surface area contributed by atoms with Crippen LogP contribution >= 0.6 is 0 Å². The summed E-state index contributed by atoms with van der Waals surface area (Å²) in [5.74, 6) is -1.37. The van der Waals surface area contributed by atoms with Gasteiger partial charge in [-0.2, -0.15) is 0 Å². The quantitative estimate of drug-likeness (QED) is 0.671. The second kappa shape index (κ2) is 6.04. The number of aromatic nitrogens is 1. The maximum absolute atomic E-state index is 12.4. The molecule has 0 aliphatic heterocycles. The van der Waals surface area contributed by atoms with Crippen molar-refractivity contribution in [1.29, 1.82) is 0 Å². The standard InChI is InChI=1S/C17H21N3O3/c18-13(9-11-10-19-14-6-2-1-5-12(11)14)15(21)20-17(16(22)23)7-3-4-8-17/h1-2,5-6,10,13,19H,3-4,7-9,18H2,(H,20,21)(H,22,23)/t13-/m1/s1. The smallest absolute Gasteiger partial charge is 0.329 e. The van der Waals surface area contributed by atoms with Gasteiger partial charge in [0.05, 0.1) is 6.04 Å². The van der Waals surface area contributed by atoms with Crippen molar-refractivity contribution in [2.45, 2.75) is 43.7 Å². The number of carbonyl (C=O) groups excluding carboxylic acids is 1. The Morgan fingerprint density at radius 2 is 2.00 bits per heavy atom. The van der Waals surface area contributed by atoms with Crippen LogP contribution in [0.3, 0.4) is 0 Å². The normalized spacial score (nSPS) is 18.0. The molecule has 1 aliphatic rings. The fraction of sp³-hybridized carbons (Fsp3) is 0.412. The number of rotatable bonds is 5. The zero-order chi connectivity index (χ0) is 16.4. The first-order valence-corrected chi connectivity index (χ1v) is 7.88. The van der Waals surface area contributed by atoms with E-state index in [4.69, 9.17) is 5.73 Å². The van der Waals surface area contributed by atoms with Crippen LogP contribution in [0.5, 0.6) is 0 Å². The highest BCUT2D eigenvalue weighted by Gasteiger charge is 2.43. The van der Waals surface area contributed by atoms with Gasteiger partial charge in [-0.25, -0.2) is 4.79 Å². The van der Waals surface area contributed by atoms with E-state index in [1.165, 1.54) is 0 Å². The second-order valence-electron chi connectivity index (χ2n) is 6.25. The number of benzene rings is 1. The van der Waals surface area contributed by atoms with Crippen LogP contribution in [-0.4, -0.2) is 33.5 Å². The van der Waals surface area contributed by atoms with Crippen molar-refractivity contribution in [3.63, 3.8) is 0 Å². The van der Waals surface area contributed by atoms with E-state index < -0.39 is 23.5 Å². The zero-order valence-corrected chi connectivity index (χ0v) is 12.8. The van der Waals surface area contributed by atoms with Crippen LogP contribution in [0.1, 0.15) is 31.2 Å². The topological polar surface area (TPSA) is 108 Å². The maximum Gasteiger partial charge on any atom is 0.329 e. The Labute approximate surface area is 134 Å². The number of amides is 1. The first-order chi connectivity index (χ1) is 11.0. The van der Waals surface area contributed by atoms with Gasteiger partial charge < -0.3 is 21.1 Å². The molecular weight excluding hydrogens is 294 g/mol. The number of para-hydroxylation sites is 1. The van der Waals surface area contributed by atoms with Gasteiger partial charge >= 0.3 is 5.97 Å². The fourth-order valence-corrected chi connectivity index (χ4v) is 3.33. The Kier molecular flexibility index (Phi) is 4.09. The molecule has 0 bridgehead atoms. The van der Waals surface area contributed by atoms with Crippen molar-refractivity contribution >= 4 is 22.8 Å². The van der Waals surface area contributed by atoms with Gasteiger partial charge in [0.2, 0.25) is 5.91 Å². The lowest BCUT2D eigenvalue weighted by atomic mass is 9.96. The molecule has 0 unspecified atom stereocenters. The minimum atomic E-state index is -1.14. The zero-order valence-electron chi connectivity index (χ0n) is 12.8. The molecule has 1 aromatic carbocycles. The number of hydrogen-bond acceptors (Lipinski definition) is 3. The largest absolute Gasteiger partial charge is 0.480 e. The minimum absolute atomic E-state index is 0.367. The van der Waals surface area contributed by atoms with Gasteiger partial charge in [0.15, 0.2) is 0 Å². The summed E-state index contributed by atoms with van der Waals surface area (Å²) in [4.78, 5) is 27.0. The second-order valence-corrected chi connectivity index (χ2v) is 6.25. The molecule has 0 saturated heterocycles. The van der Waals surface area contributed by atoms with Crippen LogP contribution in [0.4, 0.5) is 0 Å². The first-order valence-electron chi connectivity index (χ1n) is 7.88. The fourth-order valence-electron chi connectivity index (χ4n) is 3.33. The average molecular weight is 315 g/mol. The molecule has 1 heterocycles. The van der Waals surface area contributed by atoms with Crippen LogP contribution in [0.15, 0.2) is 30.5 Å². The predicted molar refractivity (Wildman–Crippen MR) is 87.0 cm³/mol. The van der Waals surface area contributed by atoms with Crippen LogP contribution in [0.25, 0.3) is 10.9 Å². The third-order valence-corrected chi connectivity index (χ3v) is 4.68. The summed E-state index contributed by atoms with van der Waals surface area (Å²) < 4.78 is 0. The summed E-state index contributed by atoms with van der Waals surface area (Å²) in [7, 11) is 0. The summed E-state index contributed by atoms with van der Waals surface area (Å²) >= 11 is 0. The Morgan fingerprint density at radius 1 is 1.30 bits per heavy atom. The highest BCUT2D eigenvalue weighted by atomic mass is 16.4. The highest BCUT2D eigenvalue weighted by Crippen LogP contribution is 2.30. The number of aromatic amines is 1. The molecule has 0 spiro atoms. The molecule has 1 aliphatic carbocycles. The van der Waals surface area contributed by atoms with E-state index in [1.807, 2.05) is 30.5 Å². The van der Waals surface area contributed by atoms with E-state index in [0.29, 0.717) is 19.3 Å². The monoisotopic (exact) mass is 315 g/mol. The Morgan fingerprint density at radius 3 is 2.70 bits per heavy atom. The summed E-state index contributed by atoms with van der Waals surface area (Å²) in [6, 6.07) is 7.03. The lowest BCUT2D eigenvalue weighted by Crippen LogP contribution is -2.57. The molecule has 0 radical (unpaired) electrons. The Bertz CT molecular complexity index is 732. The molecule has 5 N–H and O–H groups in total. The van der Waals surface area contributed by atoms with Crippen molar-refractivity contribution in [3.05, 3.63) is 36.0 Å². The SMILES string of the molecule is N[C@H](Cc1c[nH]c2ccccc12)C(=O)NC1(C(=O)O)CCCC1. The number of aliphatic carboxylic acids is 1. The van der Waals surface area contributed by atoms with Gasteiger partial charge in [-0.05, 0) is 30.9 Å². The van der Waals surface area contributed by atoms with E-state index in [-0.39, 0.29) is 0 Å². The molecule has 3 rings (SSSR count). The van der Waals surface area contributed by atoms with Gasteiger partial charge in [-0.1, -0.05) is 31.0 Å². The van der Waals surface area contributed by atoms with E-state index in [2.05, 4.69) is 10.3 Å². The van der Waals surface area contributed by atoms with E-state index in [1.54, 1.807) is 0 Å². The molecule has 1 atom stereocenters. The molecule has 2 aromatic rings. The van der Waals surface area contributed by atoms with Crippen LogP contribution < -0.4 is 11.1 Å². The molecule has 1 saturated carbocycles. The predicted octanol–water partition coefficient (Wildman–Crippen LogP) is 1.55. The van der Waals surface area contributed by atoms with E-state index in [9.17, 15) is 14.7 Å². The third kappa shape index (κ3) is 2.94. The molecule has 1 aromatic heterocycles. The van der Waals surface area contributed by atoms with Crippen molar-refractivity contribution in [1.82, 2.24) is 10.3 Å². The van der Waals surface area contributed by atoms with Crippen LogP contribution in [-0.2, 0) is 16.0 Å². The lowest BCUT2D eigenvalue weighted by molar-refractivity contribution is -0.147. The van der Waals surface area contributed by atoms with Gasteiger partial charge in [-0.3, -0.25) is 4.79 Å². The molecule has 6 nitrogen and oxygen atoms in total. The Hall–Kier alpha value is -2.34. The lowest BCUT2D eigenvalue weighted by Gasteiger charge is -2.27. The first kappa shape index (κ1) is 15.6. The van der Waals surface area contributed by atoms with Crippen molar-refractivity contribution in [3.8, 4) is 0 Å². The van der Waals surface area contributed by atoms with Crippen molar-refractivity contribution < 1.29 is 14.7 Å². The van der Waals surface area contributed by atoms with Gasteiger partial charge in [0.1, 0.15) is 5.54 Å². The third-order valence-electron chi connectivity index (χ3n) is 4.68. The van der Waals surface area contributed by atoms with Crippen LogP contribution in [0, 0.1) is 0 Å². The van der Waals surface area contributed by atoms with Crippen LogP contribution in [0.2, 0.25) is 0 Å². The van der Waals surface area contributed by atoms with Gasteiger partial charge in [0.25, 0.3) is 0 Å². The molecule has 122 valence electrons. The number of fused-ring (bicyclic) bond motifs is 1. The Balaban J connectivity index is 1.71. The molecular formula is C17H21N3O3. The summed E-state index contributed by atoms with van der Waals surface area (Å²) in [6.07, 6.45) is 4.77. The number of H-pyrrole nitrogens is 1. The van der Waals surface area contributed by atoms with Gasteiger partial charge in [-0.15, -0.1) is 0 Å². The minimum Gasteiger partial charge on any atom is -0.480 e. The number of nitrogens with one attached hydrogen (secondary N) is 2. The summed E-state index contributed by atoms with van der Waals surface area (Å²) in [6.45, 7) is 0. The molecule has 23 heavy (non-hydrogen) atoms. The molecule has 1 amide bonds. The van der Waals surface area contributed by atoms with Crippen molar-refractivity contribution in [2.24, 2.45) is 5.73 Å². The number of carboxylic acid groups (broad SMARTS) is 1. The average Bonchev–Trinajstić information content (AvgIpc) is 3.16. The number of nitrogens with two attached hydrogens (primary N) is 1. The number of carbonyl (C=O) groups is 2. The molecule has 1 fully saturated rings. The highest BCUT2D eigenvalue weighted by molar-refractivity contribution is 5.90. The summed E-state index contributed by atoms with van der Waals surface area (Å²) in [5.41, 5.74) is 6.82. The maximum atomic E-state index is 12.4. The molecule has 6 heteroatoms. The van der Waals surface area contributed by atoms with E-state index >= 15 is 0 Å². The number of hydrogen-bond donors (Lipinski definition) is 4. The van der Waals surface area contributed by atoms with Gasteiger partial charge in [0, 0.05) is 17.1 Å². The van der Waals surface area contributed by atoms with Crippen molar-refractivity contribution in [2.75, 3.05) is 0 Å². The number of carboxylic acids is 1. The summed E-state index contributed by atoms with van der Waals surface area (Å²) in [5, 5.41) is 13.1. The van der Waals surface area contributed by atoms with E-state index in [0.717, 1.165) is 29.3 Å².